The number of aryl methyl sites for hydroxylation is 2. The van der Waals surface area contributed by atoms with Crippen LogP contribution in [0.4, 0.5) is 0 Å². The molecule has 2 aliphatic rings. The van der Waals surface area contributed by atoms with Crippen LogP contribution in [0.25, 0.3) is 6.08 Å². The van der Waals surface area contributed by atoms with Gasteiger partial charge in [-0.25, -0.2) is 4.99 Å². The van der Waals surface area contributed by atoms with Crippen LogP contribution in [0, 0.1) is 13.8 Å². The van der Waals surface area contributed by atoms with Gasteiger partial charge in [-0.05, 0) is 38.0 Å². The van der Waals surface area contributed by atoms with Gasteiger partial charge in [0, 0.05) is 22.4 Å². The summed E-state index contributed by atoms with van der Waals surface area (Å²) in [5.41, 5.74) is 5.32. The number of halogens is 1. The predicted molar refractivity (Wildman–Crippen MR) is 93.8 cm³/mol. The van der Waals surface area contributed by atoms with Crippen LogP contribution >= 0.6 is 27.7 Å². The molecule has 0 amide bonds. The van der Waals surface area contributed by atoms with E-state index in [1.807, 2.05) is 6.08 Å². The molecule has 3 rings (SSSR count). The molecule has 2 aliphatic heterocycles. The second-order valence-electron chi connectivity index (χ2n) is 5.12. The highest BCUT2D eigenvalue weighted by Crippen LogP contribution is 2.39. The first-order chi connectivity index (χ1) is 10.1. The molecule has 0 aromatic carbocycles. The highest BCUT2D eigenvalue weighted by atomic mass is 79.9. The van der Waals surface area contributed by atoms with E-state index in [-0.39, 0.29) is 0 Å². The fraction of sp³-hybridized carbons (Fsp3) is 0.312. The van der Waals surface area contributed by atoms with Crippen LogP contribution in [0.2, 0.25) is 0 Å². The van der Waals surface area contributed by atoms with Gasteiger partial charge in [0.1, 0.15) is 11.5 Å². The minimum atomic E-state index is 0.455. The summed E-state index contributed by atoms with van der Waals surface area (Å²) in [6.07, 6.45) is 7.32. The molecule has 1 N–H and O–H groups in total. The van der Waals surface area contributed by atoms with Crippen LogP contribution < -0.4 is 0 Å². The van der Waals surface area contributed by atoms with Crippen molar-refractivity contribution in [3.8, 4) is 0 Å². The lowest BCUT2D eigenvalue weighted by Gasteiger charge is -2.01. The van der Waals surface area contributed by atoms with Crippen molar-refractivity contribution < 1.29 is 4.74 Å². The first-order valence-electron chi connectivity index (χ1n) is 6.80. The molecule has 5 heteroatoms. The Hall–Kier alpha value is -1.20. The standard InChI is InChI=1S/C16H17BrN2OS/c1-9-6-10(2)18-11(9)7-12-14(20-3)8-13(19-12)15-4-5-16(17)21-15/h4,6-8,16,18H,5H2,1-3H3/b12-7-. The quantitative estimate of drug-likeness (QED) is 0.789. The summed E-state index contributed by atoms with van der Waals surface area (Å²) in [5.74, 6) is 0.816. The van der Waals surface area contributed by atoms with Crippen molar-refractivity contribution in [1.82, 2.24) is 4.98 Å². The Morgan fingerprint density at radius 1 is 1.48 bits per heavy atom. The summed E-state index contributed by atoms with van der Waals surface area (Å²) >= 11 is 5.43. The van der Waals surface area contributed by atoms with Gasteiger partial charge in [0.2, 0.25) is 0 Å². The normalized spacial score (nSPS) is 23.3. The molecule has 0 fully saturated rings. The number of aromatic nitrogens is 1. The van der Waals surface area contributed by atoms with E-state index in [2.05, 4.69) is 53.0 Å². The smallest absolute Gasteiger partial charge is 0.146 e. The van der Waals surface area contributed by atoms with Crippen LogP contribution in [0.1, 0.15) is 23.4 Å². The Morgan fingerprint density at radius 3 is 2.86 bits per heavy atom. The van der Waals surface area contributed by atoms with E-state index in [1.165, 1.54) is 10.5 Å². The molecule has 1 unspecified atom stereocenters. The number of H-pyrrole nitrogens is 1. The summed E-state index contributed by atoms with van der Waals surface area (Å²) in [7, 11) is 1.69. The number of ether oxygens (including phenoxy) is 1. The van der Waals surface area contributed by atoms with E-state index < -0.39 is 0 Å². The number of thioether (sulfide) groups is 1. The number of alkyl halides is 1. The molecule has 0 aliphatic carbocycles. The monoisotopic (exact) mass is 364 g/mol. The van der Waals surface area contributed by atoms with Crippen LogP contribution in [0.15, 0.2) is 39.6 Å². The SMILES string of the molecule is COC1=CC(C2=CCC(Br)S2)=N/C1=C\c1[nH]c(C)cc1C. The molecule has 110 valence electrons. The molecule has 0 radical (unpaired) electrons. The average Bonchev–Trinajstić information content (AvgIpc) is 3.10. The molecule has 1 aromatic heterocycles. The van der Waals surface area contributed by atoms with Crippen LogP contribution in [0.3, 0.4) is 0 Å². The van der Waals surface area contributed by atoms with E-state index in [1.54, 1.807) is 18.9 Å². The molecule has 0 bridgehead atoms. The maximum atomic E-state index is 5.48. The molecule has 3 heterocycles. The van der Waals surface area contributed by atoms with E-state index in [4.69, 9.17) is 9.73 Å². The van der Waals surface area contributed by atoms with Crippen molar-refractivity contribution in [2.75, 3.05) is 7.11 Å². The minimum Gasteiger partial charge on any atom is -0.494 e. The lowest BCUT2D eigenvalue weighted by Crippen LogP contribution is -1.91. The minimum absolute atomic E-state index is 0.455. The molecule has 0 saturated heterocycles. The van der Waals surface area contributed by atoms with Gasteiger partial charge in [0.25, 0.3) is 0 Å². The number of aromatic amines is 1. The molecule has 21 heavy (non-hydrogen) atoms. The lowest BCUT2D eigenvalue weighted by molar-refractivity contribution is 0.303. The van der Waals surface area contributed by atoms with Gasteiger partial charge < -0.3 is 9.72 Å². The summed E-state index contributed by atoms with van der Waals surface area (Å²) in [6.45, 7) is 4.15. The first-order valence-corrected chi connectivity index (χ1v) is 8.60. The maximum Gasteiger partial charge on any atom is 0.146 e. The summed E-state index contributed by atoms with van der Waals surface area (Å²) < 4.78 is 5.93. The van der Waals surface area contributed by atoms with Gasteiger partial charge in [-0.1, -0.05) is 22.0 Å². The van der Waals surface area contributed by atoms with Crippen molar-refractivity contribution >= 4 is 39.5 Å². The number of nitrogens with zero attached hydrogens (tertiary/aromatic N) is 1. The third-order valence-electron chi connectivity index (χ3n) is 3.45. The third kappa shape index (κ3) is 3.04. The van der Waals surface area contributed by atoms with E-state index in [0.29, 0.717) is 4.16 Å². The Bertz CT molecular complexity index is 697. The number of hydrogen-bond acceptors (Lipinski definition) is 3. The van der Waals surface area contributed by atoms with E-state index in [9.17, 15) is 0 Å². The van der Waals surface area contributed by atoms with Crippen LogP contribution in [-0.4, -0.2) is 22.0 Å². The highest BCUT2D eigenvalue weighted by molar-refractivity contribution is 9.11. The van der Waals surface area contributed by atoms with Crippen LogP contribution in [-0.2, 0) is 4.74 Å². The van der Waals surface area contributed by atoms with Crippen LogP contribution in [0.5, 0.6) is 0 Å². The summed E-state index contributed by atoms with van der Waals surface area (Å²) in [6, 6.07) is 2.13. The van der Waals surface area contributed by atoms with Crippen molar-refractivity contribution in [3.63, 3.8) is 0 Å². The first kappa shape index (κ1) is 14.7. The van der Waals surface area contributed by atoms with Crippen molar-refractivity contribution in [1.29, 1.82) is 0 Å². The summed E-state index contributed by atoms with van der Waals surface area (Å²) in [4.78, 5) is 9.30. The van der Waals surface area contributed by atoms with Crippen molar-refractivity contribution in [2.45, 2.75) is 24.4 Å². The van der Waals surface area contributed by atoms with Gasteiger partial charge in [-0.3, -0.25) is 0 Å². The fourth-order valence-electron chi connectivity index (χ4n) is 2.44. The second-order valence-corrected chi connectivity index (χ2v) is 8.08. The van der Waals surface area contributed by atoms with E-state index >= 15 is 0 Å². The average molecular weight is 365 g/mol. The largest absolute Gasteiger partial charge is 0.494 e. The molecule has 0 saturated carbocycles. The van der Waals surface area contributed by atoms with Gasteiger partial charge in [-0.2, -0.15) is 0 Å². The topological polar surface area (TPSA) is 37.4 Å². The molecule has 1 aromatic rings. The predicted octanol–water partition coefficient (Wildman–Crippen LogP) is 4.70. The van der Waals surface area contributed by atoms with Gasteiger partial charge in [0.15, 0.2) is 0 Å². The Kier molecular flexibility index (Phi) is 4.13. The summed E-state index contributed by atoms with van der Waals surface area (Å²) in [5, 5.41) is 0. The molecule has 0 spiro atoms. The number of methoxy groups -OCH3 is 1. The number of aliphatic imine (C=N–C) groups is 1. The maximum absolute atomic E-state index is 5.48. The Labute approximate surface area is 137 Å². The zero-order chi connectivity index (χ0) is 15.0. The molecule has 1 atom stereocenters. The second kappa shape index (κ2) is 5.89. The Balaban J connectivity index is 1.93. The molecular weight excluding hydrogens is 348 g/mol. The molecular formula is C16H17BrN2OS. The van der Waals surface area contributed by atoms with Crippen molar-refractivity contribution in [2.24, 2.45) is 4.99 Å². The van der Waals surface area contributed by atoms with Gasteiger partial charge in [0.05, 0.1) is 17.0 Å². The number of rotatable bonds is 3. The molecule has 3 nitrogen and oxygen atoms in total. The lowest BCUT2D eigenvalue weighted by atomic mass is 10.2. The van der Waals surface area contributed by atoms with E-state index in [0.717, 1.165) is 35.0 Å². The van der Waals surface area contributed by atoms with Gasteiger partial charge >= 0.3 is 0 Å². The number of nitrogens with one attached hydrogen (secondary N) is 1. The zero-order valence-corrected chi connectivity index (χ0v) is 14.6. The number of allylic oxidation sites excluding steroid dienone is 3. The third-order valence-corrected chi connectivity index (χ3v) is 5.46. The highest BCUT2D eigenvalue weighted by Gasteiger charge is 2.23. The fourth-order valence-corrected chi connectivity index (χ4v) is 4.12. The zero-order valence-electron chi connectivity index (χ0n) is 12.2. The number of hydrogen-bond donors (Lipinski definition) is 1. The van der Waals surface area contributed by atoms with Gasteiger partial charge in [-0.15, -0.1) is 11.8 Å². The Morgan fingerprint density at radius 2 is 2.29 bits per heavy atom. The van der Waals surface area contributed by atoms with Crippen molar-refractivity contribution in [3.05, 3.63) is 51.5 Å².